The third-order valence-electron chi connectivity index (χ3n) is 15.0. The summed E-state index contributed by atoms with van der Waals surface area (Å²) in [6.45, 7) is 9.41. The Kier molecular flexibility index (Phi) is 56.2. The molecule has 5 atom stereocenters. The number of aliphatic hydroxyl groups is 1. The molecule has 0 spiro atoms. The first kappa shape index (κ1) is 82.1. The molecule has 2 unspecified atom stereocenters. The first-order chi connectivity index (χ1) is 40.4. The Morgan fingerprint density at radius 1 is 0.321 bits per heavy atom. The van der Waals surface area contributed by atoms with Crippen LogP contribution in [0.2, 0.25) is 0 Å². The lowest BCUT2D eigenvalue weighted by Gasteiger charge is -2.21. The number of hydrogen-bond acceptors (Lipinski definition) is 15. The highest BCUT2D eigenvalue weighted by Gasteiger charge is 2.30. The van der Waals surface area contributed by atoms with E-state index in [4.69, 9.17) is 37.0 Å². The maximum Gasteiger partial charge on any atom is 0.472 e. The van der Waals surface area contributed by atoms with Crippen LogP contribution in [-0.4, -0.2) is 96.7 Å². The van der Waals surface area contributed by atoms with Crippen LogP contribution in [0.1, 0.15) is 324 Å². The van der Waals surface area contributed by atoms with Gasteiger partial charge in [-0.15, -0.1) is 0 Å². The van der Waals surface area contributed by atoms with Gasteiger partial charge in [-0.2, -0.15) is 0 Å². The monoisotopic (exact) mass is 1240 g/mol. The van der Waals surface area contributed by atoms with Gasteiger partial charge in [0.05, 0.1) is 26.4 Å². The Labute approximate surface area is 511 Å². The molecule has 0 aliphatic carbocycles. The summed E-state index contributed by atoms with van der Waals surface area (Å²) < 4.78 is 67.8. The van der Waals surface area contributed by atoms with Gasteiger partial charge < -0.3 is 33.8 Å². The summed E-state index contributed by atoms with van der Waals surface area (Å²) in [6, 6.07) is 0. The van der Waals surface area contributed by atoms with E-state index in [0.29, 0.717) is 25.7 Å². The highest BCUT2D eigenvalue weighted by atomic mass is 31.2. The van der Waals surface area contributed by atoms with Gasteiger partial charge in [0.25, 0.3) is 0 Å². The minimum atomic E-state index is -4.94. The van der Waals surface area contributed by atoms with Crippen LogP contribution in [0, 0.1) is 11.8 Å². The largest absolute Gasteiger partial charge is 0.472 e. The van der Waals surface area contributed by atoms with Crippen LogP contribution in [-0.2, 0) is 65.4 Å². The van der Waals surface area contributed by atoms with Gasteiger partial charge in [-0.25, -0.2) is 9.13 Å². The Morgan fingerprint density at radius 2 is 0.548 bits per heavy atom. The second-order valence-electron chi connectivity index (χ2n) is 24.5. The van der Waals surface area contributed by atoms with Crippen LogP contribution < -0.4 is 0 Å². The molecule has 0 aromatic carbocycles. The summed E-state index contributed by atoms with van der Waals surface area (Å²) in [7, 11) is -9.88. The van der Waals surface area contributed by atoms with Crippen molar-refractivity contribution in [2.45, 2.75) is 342 Å². The van der Waals surface area contributed by atoms with Gasteiger partial charge in [0, 0.05) is 25.7 Å². The van der Waals surface area contributed by atoms with Crippen molar-refractivity contribution in [3.8, 4) is 0 Å². The van der Waals surface area contributed by atoms with Gasteiger partial charge in [-0.3, -0.25) is 37.3 Å². The minimum absolute atomic E-state index is 0.105. The minimum Gasteiger partial charge on any atom is -0.462 e. The van der Waals surface area contributed by atoms with E-state index in [2.05, 4.69) is 41.5 Å². The predicted octanol–water partition coefficient (Wildman–Crippen LogP) is 18.0. The molecule has 0 saturated heterocycles. The normalized spacial score (nSPS) is 14.3. The van der Waals surface area contributed by atoms with Crippen molar-refractivity contribution < 1.29 is 80.2 Å². The number of unbranched alkanes of at least 4 members (excludes halogenated alkanes) is 34. The average molecular weight is 1240 g/mol. The lowest BCUT2D eigenvalue weighted by molar-refractivity contribution is -0.161. The zero-order chi connectivity index (χ0) is 62.2. The molecule has 0 rings (SSSR count). The molecule has 0 aromatic heterocycles. The number of phosphoric acid groups is 2. The zero-order valence-electron chi connectivity index (χ0n) is 54.2. The average Bonchev–Trinajstić information content (AvgIpc) is 3.48. The third kappa shape index (κ3) is 59.0. The van der Waals surface area contributed by atoms with Gasteiger partial charge in [0.15, 0.2) is 12.2 Å². The van der Waals surface area contributed by atoms with Crippen molar-refractivity contribution in [3.63, 3.8) is 0 Å². The van der Waals surface area contributed by atoms with Crippen LogP contribution in [0.4, 0.5) is 0 Å². The molecule has 498 valence electrons. The van der Waals surface area contributed by atoms with E-state index in [1.54, 1.807) is 0 Å². The number of rotatable bonds is 64. The molecule has 0 fully saturated rings. The van der Waals surface area contributed by atoms with Crippen molar-refractivity contribution >= 4 is 39.5 Å². The molecule has 0 saturated carbocycles. The smallest absolute Gasteiger partial charge is 0.462 e. The van der Waals surface area contributed by atoms with Gasteiger partial charge in [-0.1, -0.05) is 273 Å². The maximum atomic E-state index is 13.0. The Bertz CT molecular complexity index is 1650. The SMILES string of the molecule is CCCCCCCCCCCC(=O)O[C@H](COC(=O)CCCCCCC)COP(=O)(O)OC[C@H](O)COP(=O)(O)OC[C@@H](COC(=O)CCCCCCCCCCCC(C)C)OC(=O)CCCCCCCCCCCCCCCCCC(C)C. The molecule has 84 heavy (non-hydrogen) atoms. The number of esters is 4. The fourth-order valence-corrected chi connectivity index (χ4v) is 11.3. The zero-order valence-corrected chi connectivity index (χ0v) is 56.0. The van der Waals surface area contributed by atoms with Crippen molar-refractivity contribution in [1.82, 2.24) is 0 Å². The molecule has 17 nitrogen and oxygen atoms in total. The Balaban J connectivity index is 5.14. The van der Waals surface area contributed by atoms with E-state index in [0.717, 1.165) is 108 Å². The summed E-state index contributed by atoms with van der Waals surface area (Å²) in [4.78, 5) is 72.0. The first-order valence-electron chi connectivity index (χ1n) is 34.0. The molecular formula is C65H126O17P2. The molecule has 0 radical (unpaired) electrons. The van der Waals surface area contributed by atoms with Crippen LogP contribution in [0.25, 0.3) is 0 Å². The van der Waals surface area contributed by atoms with Gasteiger partial charge >= 0.3 is 39.5 Å². The number of hydrogen-bond donors (Lipinski definition) is 3. The second-order valence-corrected chi connectivity index (χ2v) is 27.4. The summed E-state index contributed by atoms with van der Waals surface area (Å²) in [6.07, 6.45) is 40.7. The molecule has 0 aliphatic rings. The second kappa shape index (κ2) is 57.5. The topological polar surface area (TPSA) is 237 Å². The summed E-state index contributed by atoms with van der Waals surface area (Å²) in [5.74, 6) is -0.598. The van der Waals surface area contributed by atoms with Gasteiger partial charge in [-0.05, 0) is 37.5 Å². The Hall–Kier alpha value is -1.94. The van der Waals surface area contributed by atoms with Gasteiger partial charge in [0.1, 0.15) is 19.3 Å². The van der Waals surface area contributed by atoms with Crippen molar-refractivity contribution in [2.75, 3.05) is 39.6 Å². The fraction of sp³-hybridized carbons (Fsp3) is 0.938. The standard InChI is InChI=1S/C65H126O17P2/c1-7-9-11-13-14-23-31-37-43-49-64(69)81-60(53-75-62(67)47-41-33-12-10-8-2)55-79-83(71,72)77-51-59(66)52-78-84(73,74)80-56-61(54-76-63(68)48-42-36-30-27-22-25-29-35-40-46-58(5)6)82-65(70)50-44-38-32-26-21-19-17-15-16-18-20-24-28-34-39-45-57(3)4/h57-61,66H,7-56H2,1-6H3,(H,71,72)(H,73,74)/t59-,60+,61+/m0/s1. The number of ether oxygens (including phenoxy) is 4. The first-order valence-corrected chi connectivity index (χ1v) is 37.0. The molecule has 0 heterocycles. The van der Waals surface area contributed by atoms with Crippen molar-refractivity contribution in [1.29, 1.82) is 0 Å². The van der Waals surface area contributed by atoms with E-state index in [-0.39, 0.29) is 25.7 Å². The molecule has 0 aromatic rings. The number of carbonyl (C=O) groups excluding carboxylic acids is 4. The predicted molar refractivity (Wildman–Crippen MR) is 335 cm³/mol. The third-order valence-corrected chi connectivity index (χ3v) is 16.9. The molecule has 0 amide bonds. The maximum absolute atomic E-state index is 13.0. The fourth-order valence-electron chi connectivity index (χ4n) is 9.71. The van der Waals surface area contributed by atoms with Crippen molar-refractivity contribution in [2.24, 2.45) is 11.8 Å². The summed E-state index contributed by atoms with van der Waals surface area (Å²) in [5.41, 5.74) is 0. The molecule has 3 N–H and O–H groups in total. The highest BCUT2D eigenvalue weighted by Crippen LogP contribution is 2.45. The van der Waals surface area contributed by atoms with E-state index >= 15 is 0 Å². The van der Waals surface area contributed by atoms with Crippen LogP contribution >= 0.6 is 15.6 Å². The van der Waals surface area contributed by atoms with Crippen molar-refractivity contribution in [3.05, 3.63) is 0 Å². The number of carbonyl (C=O) groups is 4. The van der Waals surface area contributed by atoms with Crippen LogP contribution in [0.3, 0.4) is 0 Å². The van der Waals surface area contributed by atoms with E-state index in [1.807, 2.05) is 0 Å². The molecule has 19 heteroatoms. The number of aliphatic hydroxyl groups excluding tert-OH is 1. The van der Waals surface area contributed by atoms with E-state index in [1.165, 1.54) is 135 Å². The molecule has 0 bridgehead atoms. The van der Waals surface area contributed by atoms with E-state index in [9.17, 15) is 43.2 Å². The molecule has 0 aliphatic heterocycles. The summed E-state index contributed by atoms with van der Waals surface area (Å²) >= 11 is 0. The lowest BCUT2D eigenvalue weighted by atomic mass is 10.0. The van der Waals surface area contributed by atoms with Gasteiger partial charge in [0.2, 0.25) is 0 Å². The Morgan fingerprint density at radius 3 is 0.810 bits per heavy atom. The molecular weight excluding hydrogens is 1110 g/mol. The lowest BCUT2D eigenvalue weighted by Crippen LogP contribution is -2.30. The van der Waals surface area contributed by atoms with Crippen LogP contribution in [0.5, 0.6) is 0 Å². The summed E-state index contributed by atoms with van der Waals surface area (Å²) in [5, 5.41) is 10.5. The number of phosphoric ester groups is 2. The quantitative estimate of drug-likeness (QED) is 0.0222. The van der Waals surface area contributed by atoms with Crippen LogP contribution in [0.15, 0.2) is 0 Å². The van der Waals surface area contributed by atoms with E-state index < -0.39 is 97.5 Å². The highest BCUT2D eigenvalue weighted by molar-refractivity contribution is 7.47.